The SMILES string of the molecule is O=C(c1cccc(C2(O)COC2)c1)N1CCC2(CC1)CCN(c1ccc(C(F)(F)F)cc1)CC2. The highest BCUT2D eigenvalue weighted by Gasteiger charge is 2.40. The van der Waals surface area contributed by atoms with Crippen LogP contribution in [0, 0.1) is 5.41 Å². The second kappa shape index (κ2) is 8.57. The average Bonchev–Trinajstić information content (AvgIpc) is 2.83. The first-order valence-corrected chi connectivity index (χ1v) is 11.8. The summed E-state index contributed by atoms with van der Waals surface area (Å²) in [4.78, 5) is 17.2. The van der Waals surface area contributed by atoms with Gasteiger partial charge in [0.25, 0.3) is 5.91 Å². The van der Waals surface area contributed by atoms with E-state index in [1.807, 2.05) is 11.0 Å². The number of benzene rings is 2. The van der Waals surface area contributed by atoms with Gasteiger partial charge in [0.15, 0.2) is 0 Å². The number of hydrogen-bond donors (Lipinski definition) is 1. The molecule has 5 nitrogen and oxygen atoms in total. The van der Waals surface area contributed by atoms with Crippen molar-refractivity contribution in [1.82, 2.24) is 4.90 Å². The maximum Gasteiger partial charge on any atom is 0.416 e. The number of alkyl halides is 3. The van der Waals surface area contributed by atoms with Crippen LogP contribution in [0.2, 0.25) is 0 Å². The number of halogens is 3. The summed E-state index contributed by atoms with van der Waals surface area (Å²) in [7, 11) is 0. The van der Waals surface area contributed by atoms with Crippen molar-refractivity contribution in [2.75, 3.05) is 44.3 Å². The molecule has 8 heteroatoms. The van der Waals surface area contributed by atoms with Gasteiger partial charge in [-0.1, -0.05) is 12.1 Å². The molecule has 0 aliphatic carbocycles. The van der Waals surface area contributed by atoms with Crippen molar-refractivity contribution in [1.29, 1.82) is 0 Å². The summed E-state index contributed by atoms with van der Waals surface area (Å²) in [6.07, 6.45) is -0.520. The topological polar surface area (TPSA) is 53.0 Å². The van der Waals surface area contributed by atoms with E-state index in [0.29, 0.717) is 24.2 Å². The zero-order valence-corrected chi connectivity index (χ0v) is 19.0. The van der Waals surface area contributed by atoms with Gasteiger partial charge in [-0.3, -0.25) is 4.79 Å². The van der Waals surface area contributed by atoms with Crippen LogP contribution >= 0.6 is 0 Å². The van der Waals surface area contributed by atoms with Crippen LogP contribution in [0.4, 0.5) is 18.9 Å². The van der Waals surface area contributed by atoms with Gasteiger partial charge in [-0.15, -0.1) is 0 Å². The van der Waals surface area contributed by atoms with E-state index in [0.717, 1.165) is 56.6 Å². The van der Waals surface area contributed by atoms with E-state index in [1.165, 1.54) is 0 Å². The Morgan fingerprint density at radius 3 is 2.09 bits per heavy atom. The molecule has 3 fully saturated rings. The molecule has 0 unspecified atom stereocenters. The number of anilines is 1. The summed E-state index contributed by atoms with van der Waals surface area (Å²) in [6.45, 7) is 3.50. The molecule has 0 radical (unpaired) electrons. The van der Waals surface area contributed by atoms with Crippen molar-refractivity contribution in [2.45, 2.75) is 37.5 Å². The Kier molecular flexibility index (Phi) is 5.84. The van der Waals surface area contributed by atoms with Crippen LogP contribution in [0.3, 0.4) is 0 Å². The Hall–Kier alpha value is -2.58. The van der Waals surface area contributed by atoms with E-state index < -0.39 is 17.3 Å². The molecule has 3 aliphatic heterocycles. The number of amides is 1. The molecule has 1 amide bonds. The van der Waals surface area contributed by atoms with Gasteiger partial charge in [0.05, 0.1) is 18.8 Å². The second-order valence-electron chi connectivity index (χ2n) is 9.93. The molecular weight excluding hydrogens is 445 g/mol. The van der Waals surface area contributed by atoms with Crippen molar-refractivity contribution in [3.05, 3.63) is 65.2 Å². The first kappa shape index (κ1) is 23.2. The predicted octanol–water partition coefficient (Wildman–Crippen LogP) is 4.45. The number of piperidine rings is 2. The van der Waals surface area contributed by atoms with Crippen LogP contribution in [-0.4, -0.2) is 55.3 Å². The molecule has 182 valence electrons. The second-order valence-corrected chi connectivity index (χ2v) is 9.93. The van der Waals surface area contributed by atoms with Crippen LogP contribution in [0.25, 0.3) is 0 Å². The number of likely N-dealkylation sites (tertiary alicyclic amines) is 1. The van der Waals surface area contributed by atoms with Crippen molar-refractivity contribution in [3.8, 4) is 0 Å². The maximum absolute atomic E-state index is 13.1. The van der Waals surface area contributed by atoms with E-state index in [-0.39, 0.29) is 24.5 Å². The molecule has 3 aliphatic rings. The molecule has 5 rings (SSSR count). The molecule has 1 N–H and O–H groups in total. The minimum Gasteiger partial charge on any atom is -0.380 e. The molecule has 0 bridgehead atoms. The highest BCUT2D eigenvalue weighted by Crippen LogP contribution is 2.43. The van der Waals surface area contributed by atoms with Crippen molar-refractivity contribution in [3.63, 3.8) is 0 Å². The lowest BCUT2D eigenvalue weighted by atomic mass is 9.71. The number of carbonyl (C=O) groups excluding carboxylic acids is 1. The van der Waals surface area contributed by atoms with E-state index in [2.05, 4.69) is 4.90 Å². The number of nitrogens with zero attached hydrogens (tertiary/aromatic N) is 2. The third-order valence-electron chi connectivity index (χ3n) is 7.82. The minimum atomic E-state index is -4.32. The van der Waals surface area contributed by atoms with Gasteiger partial charge in [0.1, 0.15) is 5.60 Å². The molecule has 1 spiro atoms. The third kappa shape index (κ3) is 4.41. The van der Waals surface area contributed by atoms with Gasteiger partial charge in [-0.25, -0.2) is 0 Å². The number of carbonyl (C=O) groups is 1. The zero-order valence-electron chi connectivity index (χ0n) is 19.0. The minimum absolute atomic E-state index is 0.0114. The van der Waals surface area contributed by atoms with Gasteiger partial charge in [0.2, 0.25) is 0 Å². The summed E-state index contributed by atoms with van der Waals surface area (Å²) in [6, 6.07) is 12.6. The molecular formula is C26H29F3N2O3. The van der Waals surface area contributed by atoms with E-state index in [9.17, 15) is 23.1 Å². The molecule has 0 atom stereocenters. The fraction of sp³-hybridized carbons (Fsp3) is 0.500. The Morgan fingerprint density at radius 2 is 1.53 bits per heavy atom. The lowest BCUT2D eigenvalue weighted by Gasteiger charge is -2.47. The Morgan fingerprint density at radius 1 is 0.912 bits per heavy atom. The molecule has 2 aromatic carbocycles. The van der Waals surface area contributed by atoms with Crippen molar-refractivity contribution >= 4 is 11.6 Å². The number of rotatable bonds is 3. The number of ether oxygens (including phenoxy) is 1. The predicted molar refractivity (Wildman–Crippen MR) is 122 cm³/mol. The highest BCUT2D eigenvalue weighted by molar-refractivity contribution is 5.94. The smallest absolute Gasteiger partial charge is 0.380 e. The van der Waals surface area contributed by atoms with Gasteiger partial charge < -0.3 is 19.6 Å². The summed E-state index contributed by atoms with van der Waals surface area (Å²) in [5.74, 6) is -0.0114. The molecule has 34 heavy (non-hydrogen) atoms. The summed E-state index contributed by atoms with van der Waals surface area (Å²) >= 11 is 0. The van der Waals surface area contributed by atoms with Gasteiger partial charge in [0, 0.05) is 37.4 Å². The largest absolute Gasteiger partial charge is 0.416 e. The highest BCUT2D eigenvalue weighted by atomic mass is 19.4. The lowest BCUT2D eigenvalue weighted by Crippen LogP contribution is -2.48. The monoisotopic (exact) mass is 474 g/mol. The molecule has 3 saturated heterocycles. The van der Waals surface area contributed by atoms with Gasteiger partial charge in [-0.05, 0) is 73.1 Å². The van der Waals surface area contributed by atoms with Crippen LogP contribution in [0.15, 0.2) is 48.5 Å². The van der Waals surface area contributed by atoms with Crippen LogP contribution < -0.4 is 4.90 Å². The fourth-order valence-corrected chi connectivity index (χ4v) is 5.37. The number of aliphatic hydroxyl groups is 1. The molecule has 0 aromatic heterocycles. The van der Waals surface area contributed by atoms with Gasteiger partial charge >= 0.3 is 6.18 Å². The molecule has 0 saturated carbocycles. The lowest BCUT2D eigenvalue weighted by molar-refractivity contribution is -0.184. The summed E-state index contributed by atoms with van der Waals surface area (Å²) in [5, 5.41) is 10.5. The van der Waals surface area contributed by atoms with E-state index >= 15 is 0 Å². The molecule has 3 heterocycles. The number of hydrogen-bond acceptors (Lipinski definition) is 4. The van der Waals surface area contributed by atoms with Crippen molar-refractivity contribution < 1.29 is 27.8 Å². The maximum atomic E-state index is 13.1. The Bertz CT molecular complexity index is 1030. The van der Waals surface area contributed by atoms with Gasteiger partial charge in [-0.2, -0.15) is 13.2 Å². The van der Waals surface area contributed by atoms with Crippen LogP contribution in [0.1, 0.15) is 47.2 Å². The molecule has 2 aromatic rings. The average molecular weight is 475 g/mol. The first-order valence-electron chi connectivity index (χ1n) is 11.8. The fourth-order valence-electron chi connectivity index (χ4n) is 5.37. The standard InChI is InChI=1S/C26H29F3N2O3/c27-26(28,29)20-4-6-22(7-5-20)30-12-8-24(9-13-30)10-14-31(15-11-24)23(32)19-2-1-3-21(16-19)25(33)17-34-18-25/h1-7,16,33H,8-15,17-18H2. The zero-order chi connectivity index (χ0) is 24.0. The normalized spacial score (nSPS) is 21.9. The van der Waals surface area contributed by atoms with E-state index in [4.69, 9.17) is 4.74 Å². The van der Waals surface area contributed by atoms with E-state index in [1.54, 1.807) is 30.3 Å². The van der Waals surface area contributed by atoms with Crippen LogP contribution in [-0.2, 0) is 16.5 Å². The van der Waals surface area contributed by atoms with Crippen LogP contribution in [0.5, 0.6) is 0 Å². The Labute approximate surface area is 197 Å². The third-order valence-corrected chi connectivity index (χ3v) is 7.82. The summed E-state index contributed by atoms with van der Waals surface area (Å²) < 4.78 is 43.6. The Balaban J connectivity index is 1.17. The quantitative estimate of drug-likeness (QED) is 0.715. The van der Waals surface area contributed by atoms with Crippen molar-refractivity contribution in [2.24, 2.45) is 5.41 Å². The first-order chi connectivity index (χ1) is 16.2. The summed E-state index contributed by atoms with van der Waals surface area (Å²) in [5.41, 5.74) is 0.693.